The highest BCUT2D eigenvalue weighted by atomic mass is 32.1. The Balaban J connectivity index is 1.44. The van der Waals surface area contributed by atoms with Gasteiger partial charge in [0, 0.05) is 26.2 Å². The number of nitrogens with one attached hydrogen (secondary N) is 1. The summed E-state index contributed by atoms with van der Waals surface area (Å²) in [6, 6.07) is 16.5. The maximum absolute atomic E-state index is 13.1. The summed E-state index contributed by atoms with van der Waals surface area (Å²) in [6.07, 6.45) is 0. The Labute approximate surface area is 195 Å². The van der Waals surface area contributed by atoms with Gasteiger partial charge in [-0.3, -0.25) is 9.69 Å². The molecule has 0 aliphatic carbocycles. The molecule has 170 valence electrons. The number of hydrogen-bond donors (Lipinski definition) is 1. The zero-order chi connectivity index (χ0) is 23.4. The number of hydrogen-bond acceptors (Lipinski definition) is 6. The average Bonchev–Trinajstić information content (AvgIpc) is 3.40. The Kier molecular flexibility index (Phi) is 6.69. The Hall–Kier alpha value is -3.72. The molecular weight excluding hydrogens is 440 g/mol. The highest BCUT2D eigenvalue weighted by molar-refractivity contribution is 7.17. The molecule has 0 unspecified atom stereocenters. The predicted molar refractivity (Wildman–Crippen MR) is 125 cm³/mol. The van der Waals surface area contributed by atoms with Gasteiger partial charge in [-0.15, -0.1) is 0 Å². The molecule has 0 spiro atoms. The standard InChI is InChI=1S/C24H24N4O4S/c1-16-20(21(29)25-14-17-8-4-3-5-9-17)33-23(26-16)28-13-12-27(24(28)31)15-18-10-6-7-11-19(18)22(30)32-2/h3-11H,12-15H2,1-2H3,(H,25,29). The van der Waals surface area contributed by atoms with Gasteiger partial charge in [0.05, 0.1) is 18.4 Å². The molecular formula is C24H24N4O4S. The van der Waals surface area contributed by atoms with E-state index < -0.39 is 5.97 Å². The van der Waals surface area contributed by atoms with Crippen LogP contribution >= 0.6 is 11.3 Å². The molecule has 3 aromatic rings. The van der Waals surface area contributed by atoms with Crippen molar-refractivity contribution >= 4 is 34.4 Å². The summed E-state index contributed by atoms with van der Waals surface area (Å²) < 4.78 is 4.85. The number of carbonyl (C=O) groups excluding carboxylic acids is 3. The lowest BCUT2D eigenvalue weighted by atomic mass is 10.1. The lowest BCUT2D eigenvalue weighted by molar-refractivity contribution is 0.0598. The van der Waals surface area contributed by atoms with Crippen molar-refractivity contribution in [3.63, 3.8) is 0 Å². The van der Waals surface area contributed by atoms with Crippen LogP contribution in [-0.4, -0.2) is 48.0 Å². The van der Waals surface area contributed by atoms with Crippen molar-refractivity contribution < 1.29 is 19.1 Å². The number of thiazole rings is 1. The summed E-state index contributed by atoms with van der Waals surface area (Å²) in [6.45, 7) is 3.42. The summed E-state index contributed by atoms with van der Waals surface area (Å²) in [5, 5.41) is 3.40. The van der Waals surface area contributed by atoms with Crippen molar-refractivity contribution in [3.8, 4) is 0 Å². The number of benzene rings is 2. The van der Waals surface area contributed by atoms with Gasteiger partial charge in [0.15, 0.2) is 5.13 Å². The van der Waals surface area contributed by atoms with E-state index in [0.717, 1.165) is 11.1 Å². The number of methoxy groups -OCH3 is 1. The first-order valence-corrected chi connectivity index (χ1v) is 11.3. The van der Waals surface area contributed by atoms with Crippen molar-refractivity contribution in [3.05, 3.63) is 81.9 Å². The number of aromatic nitrogens is 1. The number of carbonyl (C=O) groups is 3. The van der Waals surface area contributed by atoms with E-state index in [0.29, 0.717) is 40.9 Å². The molecule has 1 aliphatic heterocycles. The molecule has 2 aromatic carbocycles. The number of anilines is 1. The van der Waals surface area contributed by atoms with E-state index in [1.165, 1.54) is 18.4 Å². The highest BCUT2D eigenvalue weighted by Gasteiger charge is 2.33. The van der Waals surface area contributed by atoms with Gasteiger partial charge in [-0.2, -0.15) is 0 Å². The molecule has 1 aliphatic rings. The number of urea groups is 1. The Bertz CT molecular complexity index is 1180. The SMILES string of the molecule is COC(=O)c1ccccc1CN1CCN(c2nc(C)c(C(=O)NCc3ccccc3)s2)C1=O. The van der Waals surface area contributed by atoms with Crippen molar-refractivity contribution in [2.24, 2.45) is 0 Å². The van der Waals surface area contributed by atoms with Crippen LogP contribution in [0.4, 0.5) is 9.93 Å². The molecule has 33 heavy (non-hydrogen) atoms. The fourth-order valence-corrected chi connectivity index (χ4v) is 4.65. The summed E-state index contributed by atoms with van der Waals surface area (Å²) in [7, 11) is 1.33. The Morgan fingerprint density at radius 2 is 1.82 bits per heavy atom. The fourth-order valence-electron chi connectivity index (χ4n) is 3.65. The fraction of sp³-hybridized carbons (Fsp3) is 0.250. The van der Waals surface area contributed by atoms with Gasteiger partial charge in [0.2, 0.25) is 0 Å². The molecule has 1 aromatic heterocycles. The third-order valence-electron chi connectivity index (χ3n) is 5.40. The smallest absolute Gasteiger partial charge is 0.338 e. The van der Waals surface area contributed by atoms with Crippen LogP contribution in [0.15, 0.2) is 54.6 Å². The number of ether oxygens (including phenoxy) is 1. The molecule has 4 rings (SSSR count). The second-order valence-electron chi connectivity index (χ2n) is 7.58. The second kappa shape index (κ2) is 9.83. The first-order valence-electron chi connectivity index (χ1n) is 10.5. The van der Waals surface area contributed by atoms with E-state index in [-0.39, 0.29) is 18.5 Å². The summed E-state index contributed by atoms with van der Waals surface area (Å²) in [5.74, 6) is -0.647. The minimum absolute atomic E-state index is 0.209. The van der Waals surface area contributed by atoms with Crippen LogP contribution in [0.25, 0.3) is 0 Å². The van der Waals surface area contributed by atoms with Crippen LogP contribution in [-0.2, 0) is 17.8 Å². The summed E-state index contributed by atoms with van der Waals surface area (Å²) in [5.41, 5.74) is 2.75. The van der Waals surface area contributed by atoms with Crippen LogP contribution in [0.1, 0.15) is 36.9 Å². The zero-order valence-corrected chi connectivity index (χ0v) is 19.2. The zero-order valence-electron chi connectivity index (χ0n) is 18.4. The van der Waals surface area contributed by atoms with Gasteiger partial charge in [0.25, 0.3) is 5.91 Å². The molecule has 1 fully saturated rings. The Morgan fingerprint density at radius 1 is 1.09 bits per heavy atom. The van der Waals surface area contributed by atoms with Crippen LogP contribution in [0.3, 0.4) is 0 Å². The first kappa shape index (κ1) is 22.5. The third-order valence-corrected chi connectivity index (χ3v) is 6.58. The molecule has 0 atom stereocenters. The topological polar surface area (TPSA) is 91.8 Å². The molecule has 8 nitrogen and oxygen atoms in total. The maximum atomic E-state index is 13.1. The summed E-state index contributed by atoms with van der Waals surface area (Å²) in [4.78, 5) is 46.0. The van der Waals surface area contributed by atoms with Gasteiger partial charge in [-0.05, 0) is 24.1 Å². The molecule has 0 radical (unpaired) electrons. The van der Waals surface area contributed by atoms with Crippen LogP contribution in [0.2, 0.25) is 0 Å². The van der Waals surface area contributed by atoms with Gasteiger partial charge in [-0.1, -0.05) is 59.9 Å². The van der Waals surface area contributed by atoms with Crippen molar-refractivity contribution in [1.29, 1.82) is 0 Å². The molecule has 9 heteroatoms. The average molecular weight is 465 g/mol. The maximum Gasteiger partial charge on any atom is 0.338 e. The minimum Gasteiger partial charge on any atom is -0.465 e. The van der Waals surface area contributed by atoms with E-state index in [9.17, 15) is 14.4 Å². The van der Waals surface area contributed by atoms with Gasteiger partial charge >= 0.3 is 12.0 Å². The molecule has 1 saturated heterocycles. The van der Waals surface area contributed by atoms with E-state index >= 15 is 0 Å². The van der Waals surface area contributed by atoms with Crippen molar-refractivity contribution in [2.45, 2.75) is 20.0 Å². The lowest BCUT2D eigenvalue weighted by Crippen LogP contribution is -2.31. The number of amides is 3. The monoisotopic (exact) mass is 464 g/mol. The van der Waals surface area contributed by atoms with Crippen LogP contribution < -0.4 is 10.2 Å². The van der Waals surface area contributed by atoms with Crippen LogP contribution in [0, 0.1) is 6.92 Å². The van der Waals surface area contributed by atoms with E-state index in [4.69, 9.17) is 4.74 Å². The highest BCUT2D eigenvalue weighted by Crippen LogP contribution is 2.29. The van der Waals surface area contributed by atoms with Crippen LogP contribution in [0.5, 0.6) is 0 Å². The van der Waals surface area contributed by atoms with Gasteiger partial charge in [-0.25, -0.2) is 14.6 Å². The van der Waals surface area contributed by atoms with E-state index in [1.807, 2.05) is 42.5 Å². The normalized spacial score (nSPS) is 13.3. The van der Waals surface area contributed by atoms with Gasteiger partial charge < -0.3 is 15.0 Å². The first-order chi connectivity index (χ1) is 16.0. The number of nitrogens with zero attached hydrogens (tertiary/aromatic N) is 3. The van der Waals surface area contributed by atoms with Crippen molar-refractivity contribution in [2.75, 3.05) is 25.1 Å². The molecule has 0 saturated carbocycles. The van der Waals surface area contributed by atoms with E-state index in [1.54, 1.807) is 28.9 Å². The number of aryl methyl sites for hydroxylation is 1. The largest absolute Gasteiger partial charge is 0.465 e. The molecule has 0 bridgehead atoms. The summed E-state index contributed by atoms with van der Waals surface area (Å²) >= 11 is 1.20. The van der Waals surface area contributed by atoms with Crippen molar-refractivity contribution in [1.82, 2.24) is 15.2 Å². The minimum atomic E-state index is -0.434. The molecule has 2 heterocycles. The van der Waals surface area contributed by atoms with E-state index in [2.05, 4.69) is 10.3 Å². The number of esters is 1. The molecule has 3 amide bonds. The van der Waals surface area contributed by atoms with Gasteiger partial charge in [0.1, 0.15) is 4.88 Å². The number of rotatable bonds is 7. The Morgan fingerprint density at radius 3 is 2.58 bits per heavy atom. The lowest BCUT2D eigenvalue weighted by Gasteiger charge is -2.18. The second-order valence-corrected chi connectivity index (χ2v) is 8.56. The third kappa shape index (κ3) is 4.88. The molecule has 1 N–H and O–H groups in total. The predicted octanol–water partition coefficient (Wildman–Crippen LogP) is 3.61. The quantitative estimate of drug-likeness (QED) is 0.540.